The summed E-state index contributed by atoms with van der Waals surface area (Å²) in [4.78, 5) is 5.35. The minimum atomic E-state index is 0.560. The summed E-state index contributed by atoms with van der Waals surface area (Å²) < 4.78 is 8.92. The van der Waals surface area contributed by atoms with Crippen LogP contribution in [0.2, 0.25) is 0 Å². The van der Waals surface area contributed by atoms with Crippen LogP contribution in [0.25, 0.3) is 94.6 Å². The maximum atomic E-state index is 9.63. The fourth-order valence-corrected chi connectivity index (χ4v) is 7.68. The highest BCUT2D eigenvalue weighted by molar-refractivity contribution is 6.10. The van der Waals surface area contributed by atoms with Gasteiger partial charge in [-0.25, -0.2) is 4.98 Å². The average Bonchev–Trinajstić information content (AvgIpc) is 3.82. The van der Waals surface area contributed by atoms with Gasteiger partial charge in [-0.3, -0.25) is 4.57 Å². The van der Waals surface area contributed by atoms with E-state index in [0.29, 0.717) is 11.1 Å². The van der Waals surface area contributed by atoms with E-state index < -0.39 is 0 Å². The molecule has 2 heterocycles. The molecule has 10 aromatic rings. The molecule has 0 saturated carbocycles. The molecule has 0 spiro atoms. The lowest BCUT2D eigenvalue weighted by atomic mass is 9.90. The number of imidazole rings is 1. The molecule has 0 N–H and O–H groups in total. The maximum absolute atomic E-state index is 9.63. The van der Waals surface area contributed by atoms with Gasteiger partial charge >= 0.3 is 0 Å². The highest BCUT2D eigenvalue weighted by Gasteiger charge is 2.25. The number of benzene rings is 8. The Hall–Kier alpha value is -7.48. The molecule has 0 fully saturated rings. The lowest BCUT2D eigenvalue weighted by molar-refractivity contribution is 0.669. The molecule has 4 heteroatoms. The van der Waals surface area contributed by atoms with Crippen molar-refractivity contribution in [2.45, 2.75) is 0 Å². The second-order valence-corrected chi connectivity index (χ2v) is 13.5. The molecule has 0 aliphatic heterocycles. The summed E-state index contributed by atoms with van der Waals surface area (Å²) >= 11 is 0. The quantitative estimate of drug-likeness (QED) is 0.175. The summed E-state index contributed by atoms with van der Waals surface area (Å²) in [7, 11) is 0. The van der Waals surface area contributed by atoms with Gasteiger partial charge in [-0.15, -0.1) is 0 Å². The zero-order valence-corrected chi connectivity index (χ0v) is 29.1. The number of hydrogen-bond acceptors (Lipinski definition) is 3. The number of nitrogens with zero attached hydrogens (tertiary/aromatic N) is 3. The summed E-state index contributed by atoms with van der Waals surface area (Å²) in [5.74, 6) is 0.774. The topological polar surface area (TPSA) is 54.8 Å². The van der Waals surface area contributed by atoms with Crippen LogP contribution >= 0.6 is 0 Å². The lowest BCUT2D eigenvalue weighted by Gasteiger charge is -2.22. The summed E-state index contributed by atoms with van der Waals surface area (Å²) in [6, 6.07) is 67.6. The Bertz CT molecular complexity index is 2960. The fourth-order valence-electron chi connectivity index (χ4n) is 7.68. The van der Waals surface area contributed by atoms with E-state index in [-0.39, 0.29) is 0 Å². The Morgan fingerprint density at radius 3 is 1.69 bits per heavy atom. The van der Waals surface area contributed by atoms with Crippen LogP contribution < -0.4 is 0 Å². The molecule has 10 rings (SSSR count). The van der Waals surface area contributed by atoms with Gasteiger partial charge in [0.25, 0.3) is 0 Å². The van der Waals surface area contributed by atoms with E-state index in [1.54, 1.807) is 0 Å². The van der Waals surface area contributed by atoms with Gasteiger partial charge in [0.15, 0.2) is 0 Å². The zero-order valence-electron chi connectivity index (χ0n) is 29.1. The highest BCUT2D eigenvalue weighted by Crippen LogP contribution is 2.45. The van der Waals surface area contributed by atoms with Crippen LogP contribution in [0.1, 0.15) is 5.56 Å². The molecule has 252 valence electrons. The number of hydrogen-bond donors (Lipinski definition) is 0. The van der Waals surface area contributed by atoms with E-state index in [0.717, 1.165) is 77.8 Å². The summed E-state index contributed by atoms with van der Waals surface area (Å²) in [5, 5.41) is 11.6. The van der Waals surface area contributed by atoms with Crippen molar-refractivity contribution in [3.63, 3.8) is 0 Å². The van der Waals surface area contributed by atoms with Crippen LogP contribution in [0.3, 0.4) is 0 Å². The van der Waals surface area contributed by atoms with Gasteiger partial charge in [0, 0.05) is 21.9 Å². The molecule has 4 nitrogen and oxygen atoms in total. The zero-order chi connectivity index (χ0) is 36.0. The van der Waals surface area contributed by atoms with Crippen molar-refractivity contribution in [2.75, 3.05) is 0 Å². The van der Waals surface area contributed by atoms with Gasteiger partial charge in [0.05, 0.1) is 33.9 Å². The van der Waals surface area contributed by atoms with Gasteiger partial charge in [-0.05, 0) is 81.9 Å². The fraction of sp³-hybridized carbons (Fsp3) is 0. The second-order valence-electron chi connectivity index (χ2n) is 13.5. The predicted molar refractivity (Wildman–Crippen MR) is 220 cm³/mol. The highest BCUT2D eigenvalue weighted by atomic mass is 16.3. The van der Waals surface area contributed by atoms with Crippen molar-refractivity contribution >= 4 is 33.0 Å². The van der Waals surface area contributed by atoms with Crippen molar-refractivity contribution in [3.8, 4) is 67.7 Å². The molecule has 0 atom stereocenters. The first-order chi connectivity index (χ1) is 26.7. The van der Waals surface area contributed by atoms with Crippen molar-refractivity contribution in [1.82, 2.24) is 9.55 Å². The van der Waals surface area contributed by atoms with Gasteiger partial charge in [0.2, 0.25) is 0 Å². The normalized spacial score (nSPS) is 11.3. The Balaban J connectivity index is 1.28. The third-order valence-electron chi connectivity index (χ3n) is 10.3. The largest absolute Gasteiger partial charge is 0.455 e. The molecule has 0 unspecified atom stereocenters. The third-order valence-corrected chi connectivity index (χ3v) is 10.3. The van der Waals surface area contributed by atoms with Crippen LogP contribution in [0, 0.1) is 11.3 Å². The SMILES string of the molecule is N#Cc1ccc2c(c1)oc1c(-c3nc4ccccc4n3-c3c(-c4ccccc4)cc(-c4ccc(-c5ccccc5)cc4)cc3-c3ccccc3)cccc12. The van der Waals surface area contributed by atoms with Crippen molar-refractivity contribution in [2.24, 2.45) is 0 Å². The van der Waals surface area contributed by atoms with Gasteiger partial charge in [-0.2, -0.15) is 5.26 Å². The molecule has 0 radical (unpaired) electrons. The summed E-state index contributed by atoms with van der Waals surface area (Å²) in [5.41, 5.74) is 14.7. The molecule has 0 amide bonds. The number of para-hydroxylation sites is 3. The second kappa shape index (κ2) is 12.9. The van der Waals surface area contributed by atoms with Crippen LogP contribution in [0.15, 0.2) is 192 Å². The number of furan rings is 1. The molecule has 8 aromatic carbocycles. The predicted octanol–water partition coefficient (Wildman–Crippen LogP) is 13.1. The Morgan fingerprint density at radius 1 is 0.463 bits per heavy atom. The molecule has 0 saturated heterocycles. The van der Waals surface area contributed by atoms with E-state index in [1.165, 1.54) is 11.1 Å². The van der Waals surface area contributed by atoms with Crippen molar-refractivity contribution in [3.05, 3.63) is 194 Å². The van der Waals surface area contributed by atoms with Crippen LogP contribution in [0.4, 0.5) is 0 Å². The Labute approximate surface area is 312 Å². The third kappa shape index (κ3) is 5.27. The molecule has 0 aliphatic rings. The minimum Gasteiger partial charge on any atom is -0.455 e. The van der Waals surface area contributed by atoms with E-state index in [2.05, 4.69) is 168 Å². The monoisotopic (exact) mass is 689 g/mol. The van der Waals surface area contributed by atoms with E-state index in [1.807, 2.05) is 30.3 Å². The smallest absolute Gasteiger partial charge is 0.149 e. The molecule has 54 heavy (non-hydrogen) atoms. The summed E-state index contributed by atoms with van der Waals surface area (Å²) in [6.45, 7) is 0. The number of fused-ring (bicyclic) bond motifs is 4. The molecule has 0 bridgehead atoms. The molecular weight excluding hydrogens is 659 g/mol. The van der Waals surface area contributed by atoms with E-state index in [4.69, 9.17) is 9.40 Å². The molecular formula is C50H31N3O. The summed E-state index contributed by atoms with van der Waals surface area (Å²) in [6.07, 6.45) is 0. The first-order valence-electron chi connectivity index (χ1n) is 18.0. The Morgan fingerprint density at radius 2 is 1.04 bits per heavy atom. The van der Waals surface area contributed by atoms with Crippen molar-refractivity contribution < 1.29 is 4.42 Å². The lowest BCUT2D eigenvalue weighted by Crippen LogP contribution is -2.04. The van der Waals surface area contributed by atoms with Crippen LogP contribution in [-0.4, -0.2) is 9.55 Å². The van der Waals surface area contributed by atoms with E-state index >= 15 is 0 Å². The van der Waals surface area contributed by atoms with Crippen LogP contribution in [0.5, 0.6) is 0 Å². The number of aromatic nitrogens is 2. The van der Waals surface area contributed by atoms with Gasteiger partial charge < -0.3 is 4.42 Å². The Kier molecular flexibility index (Phi) is 7.49. The average molecular weight is 690 g/mol. The molecule has 2 aromatic heterocycles. The maximum Gasteiger partial charge on any atom is 0.149 e. The first kappa shape index (κ1) is 31.3. The van der Waals surface area contributed by atoms with Crippen molar-refractivity contribution in [1.29, 1.82) is 5.26 Å². The first-order valence-corrected chi connectivity index (χ1v) is 18.0. The van der Waals surface area contributed by atoms with E-state index in [9.17, 15) is 5.26 Å². The number of nitriles is 1. The standard InChI is InChI=1S/C50H31N3O/c51-32-33-23-28-40-41-19-12-20-42(49(41)54-47(40)29-33)50-52-45-21-10-11-22-46(45)53(50)48-43(37-15-6-2-7-16-37)30-39(31-44(48)38-17-8-3-9-18-38)36-26-24-35(25-27-36)34-13-4-1-5-14-34/h1-31H. The minimum absolute atomic E-state index is 0.560. The van der Waals surface area contributed by atoms with Gasteiger partial charge in [-0.1, -0.05) is 140 Å². The molecule has 0 aliphatic carbocycles. The number of rotatable bonds is 6. The van der Waals surface area contributed by atoms with Crippen LogP contribution in [-0.2, 0) is 0 Å². The van der Waals surface area contributed by atoms with Gasteiger partial charge in [0.1, 0.15) is 17.0 Å².